The summed E-state index contributed by atoms with van der Waals surface area (Å²) in [4.78, 5) is 18.7. The third-order valence-corrected chi connectivity index (χ3v) is 8.16. The number of halogens is 1. The van der Waals surface area contributed by atoms with E-state index in [1.54, 1.807) is 11.5 Å². The van der Waals surface area contributed by atoms with E-state index in [0.29, 0.717) is 27.6 Å². The largest absolute Gasteiger partial charge is 0.493 e. The molecule has 0 aliphatic heterocycles. The van der Waals surface area contributed by atoms with Crippen LogP contribution in [0.2, 0.25) is 0 Å². The van der Waals surface area contributed by atoms with Gasteiger partial charge in [-0.3, -0.25) is 4.79 Å². The molecule has 0 saturated carbocycles. The molecule has 0 fully saturated rings. The molecule has 4 aromatic carbocycles. The summed E-state index contributed by atoms with van der Waals surface area (Å²) in [6.07, 6.45) is 1.87. The molecule has 2 heterocycles. The van der Waals surface area contributed by atoms with Gasteiger partial charge in [-0.05, 0) is 99.2 Å². The van der Waals surface area contributed by atoms with Gasteiger partial charge in [0, 0.05) is 0 Å². The average molecular weight is 571 g/mol. The van der Waals surface area contributed by atoms with Gasteiger partial charge in [0.25, 0.3) is 5.56 Å². The second kappa shape index (κ2) is 9.32. The van der Waals surface area contributed by atoms with E-state index < -0.39 is 0 Å². The molecule has 0 atom stereocenters. The number of aryl methyl sites for hydroxylation is 2. The first kappa shape index (κ1) is 23.7. The van der Waals surface area contributed by atoms with E-state index in [0.717, 1.165) is 37.8 Å². The van der Waals surface area contributed by atoms with Gasteiger partial charge in [0.05, 0.1) is 27.1 Å². The Morgan fingerprint density at radius 2 is 1.78 bits per heavy atom. The number of hydrogen-bond donors (Lipinski definition) is 0. The van der Waals surface area contributed by atoms with Crippen molar-refractivity contribution >= 4 is 60.1 Å². The van der Waals surface area contributed by atoms with E-state index >= 15 is 0 Å². The van der Waals surface area contributed by atoms with Crippen molar-refractivity contribution in [2.75, 3.05) is 7.11 Å². The predicted octanol–water partition coefficient (Wildman–Crippen LogP) is 6.58. The first-order chi connectivity index (χ1) is 17.9. The zero-order valence-corrected chi connectivity index (χ0v) is 22.9. The average Bonchev–Trinajstić information content (AvgIpc) is 3.38. The Morgan fingerprint density at radius 1 is 1.00 bits per heavy atom. The zero-order valence-electron chi connectivity index (χ0n) is 20.5. The van der Waals surface area contributed by atoms with Crippen LogP contribution in [-0.4, -0.2) is 16.5 Å². The minimum atomic E-state index is -0.0718. The number of rotatable bonds is 5. The fourth-order valence-corrected chi connectivity index (χ4v) is 6.08. The van der Waals surface area contributed by atoms with Crippen LogP contribution in [0.4, 0.5) is 0 Å². The highest BCUT2D eigenvalue weighted by atomic mass is 79.9. The molecular formula is C30H23BrN2O3S. The van der Waals surface area contributed by atoms with Crippen molar-refractivity contribution in [3.05, 3.63) is 108 Å². The maximum atomic E-state index is 13.3. The zero-order chi connectivity index (χ0) is 25.7. The van der Waals surface area contributed by atoms with Gasteiger partial charge in [-0.15, -0.1) is 0 Å². The van der Waals surface area contributed by atoms with E-state index in [2.05, 4.69) is 58.2 Å². The molecule has 2 aromatic heterocycles. The topological polar surface area (TPSA) is 52.8 Å². The Kier molecular flexibility index (Phi) is 5.97. The fourth-order valence-electron chi connectivity index (χ4n) is 4.52. The lowest BCUT2D eigenvalue weighted by atomic mass is 10.1. The van der Waals surface area contributed by atoms with Crippen molar-refractivity contribution in [3.63, 3.8) is 0 Å². The summed E-state index contributed by atoms with van der Waals surface area (Å²) >= 11 is 5.03. The van der Waals surface area contributed by atoms with E-state index in [4.69, 9.17) is 9.47 Å². The lowest BCUT2D eigenvalue weighted by Gasteiger charge is -2.14. The molecule has 0 N–H and O–H groups in total. The summed E-state index contributed by atoms with van der Waals surface area (Å²) in [7, 11) is 1.61. The smallest absolute Gasteiger partial charge is 0.274 e. The molecule has 0 aliphatic carbocycles. The standard InChI is InChI=1S/C30H23BrN2O3S/c1-17-10-24-25(11-18(17)2)33-29(34)27(37-30(33)32-24)15-20-13-23(31)28(26(14-20)35-3)36-16-19-8-9-21-6-4-5-7-22(21)12-19/h4-15H,16H2,1-3H3/b27-15-. The summed E-state index contributed by atoms with van der Waals surface area (Å²) < 4.78 is 14.9. The van der Waals surface area contributed by atoms with Crippen LogP contribution in [0.3, 0.4) is 0 Å². The van der Waals surface area contributed by atoms with Crippen molar-refractivity contribution in [2.45, 2.75) is 20.5 Å². The first-order valence-electron chi connectivity index (χ1n) is 11.8. The van der Waals surface area contributed by atoms with Gasteiger partial charge in [-0.1, -0.05) is 47.7 Å². The van der Waals surface area contributed by atoms with Crippen LogP contribution < -0.4 is 19.6 Å². The molecule has 7 heteroatoms. The van der Waals surface area contributed by atoms with E-state index in [9.17, 15) is 4.79 Å². The predicted molar refractivity (Wildman–Crippen MR) is 154 cm³/mol. The van der Waals surface area contributed by atoms with Crippen molar-refractivity contribution < 1.29 is 9.47 Å². The molecule has 0 bridgehead atoms. The van der Waals surface area contributed by atoms with Gasteiger partial charge in [0.2, 0.25) is 0 Å². The molecule has 37 heavy (non-hydrogen) atoms. The summed E-state index contributed by atoms with van der Waals surface area (Å²) in [6.45, 7) is 4.51. The number of benzene rings is 4. The normalized spacial score (nSPS) is 12.2. The van der Waals surface area contributed by atoms with Crippen LogP contribution in [0.15, 0.2) is 76.0 Å². The Labute approximate surface area is 225 Å². The SMILES string of the molecule is COc1cc(/C=c2\sc3nc4cc(C)c(C)cc4n3c2=O)cc(Br)c1OCc1ccc2ccccc2c1. The highest BCUT2D eigenvalue weighted by Crippen LogP contribution is 2.37. The van der Waals surface area contributed by atoms with Gasteiger partial charge in [-0.25, -0.2) is 9.38 Å². The molecule has 0 saturated heterocycles. The third-order valence-electron chi connectivity index (χ3n) is 6.60. The minimum absolute atomic E-state index is 0.0718. The summed E-state index contributed by atoms with van der Waals surface area (Å²) in [5, 5.41) is 2.37. The third kappa shape index (κ3) is 4.28. The number of nitrogens with zero attached hydrogens (tertiary/aromatic N) is 2. The highest BCUT2D eigenvalue weighted by Gasteiger charge is 2.15. The molecule has 0 amide bonds. The molecule has 6 aromatic rings. The maximum absolute atomic E-state index is 13.3. The van der Waals surface area contributed by atoms with Crippen molar-refractivity contribution in [3.8, 4) is 11.5 Å². The quantitative estimate of drug-likeness (QED) is 0.235. The Hall–Kier alpha value is -3.68. The van der Waals surface area contributed by atoms with Crippen molar-refractivity contribution in [1.82, 2.24) is 9.38 Å². The molecule has 184 valence electrons. The lowest BCUT2D eigenvalue weighted by molar-refractivity contribution is 0.282. The summed E-state index contributed by atoms with van der Waals surface area (Å²) in [5.41, 5.74) is 5.82. The summed E-state index contributed by atoms with van der Waals surface area (Å²) in [6, 6.07) is 22.4. The van der Waals surface area contributed by atoms with Crippen molar-refractivity contribution in [2.24, 2.45) is 0 Å². The van der Waals surface area contributed by atoms with Crippen molar-refractivity contribution in [1.29, 1.82) is 0 Å². The van der Waals surface area contributed by atoms with Crippen LogP contribution >= 0.6 is 27.3 Å². The number of thiazole rings is 1. The highest BCUT2D eigenvalue weighted by molar-refractivity contribution is 9.10. The fraction of sp³-hybridized carbons (Fsp3) is 0.133. The van der Waals surface area contributed by atoms with E-state index in [1.807, 2.05) is 49.4 Å². The molecule has 0 aliphatic rings. The van der Waals surface area contributed by atoms with Crippen LogP contribution in [0, 0.1) is 13.8 Å². The maximum Gasteiger partial charge on any atom is 0.274 e. The molecule has 0 spiro atoms. The van der Waals surface area contributed by atoms with E-state index in [-0.39, 0.29) is 5.56 Å². The second-order valence-corrected chi connectivity index (χ2v) is 10.9. The van der Waals surface area contributed by atoms with Crippen LogP contribution in [0.5, 0.6) is 11.5 Å². The number of ether oxygens (including phenoxy) is 2. The van der Waals surface area contributed by atoms with Gasteiger partial charge in [-0.2, -0.15) is 0 Å². The molecule has 0 radical (unpaired) electrons. The van der Waals surface area contributed by atoms with Gasteiger partial charge >= 0.3 is 0 Å². The molecular weight excluding hydrogens is 548 g/mol. The van der Waals surface area contributed by atoms with E-state index in [1.165, 1.54) is 22.1 Å². The molecule has 0 unspecified atom stereocenters. The lowest BCUT2D eigenvalue weighted by Crippen LogP contribution is -2.22. The number of hydrogen-bond acceptors (Lipinski definition) is 5. The molecule has 6 rings (SSSR count). The number of aromatic nitrogens is 2. The Morgan fingerprint density at radius 3 is 2.59 bits per heavy atom. The van der Waals surface area contributed by atoms with Crippen LogP contribution in [0.1, 0.15) is 22.3 Å². The molecule has 5 nitrogen and oxygen atoms in total. The minimum Gasteiger partial charge on any atom is -0.493 e. The Balaban J connectivity index is 1.34. The van der Waals surface area contributed by atoms with Gasteiger partial charge < -0.3 is 9.47 Å². The number of methoxy groups -OCH3 is 1. The number of imidazole rings is 1. The number of fused-ring (bicyclic) bond motifs is 4. The van der Waals surface area contributed by atoms with Crippen LogP contribution in [-0.2, 0) is 6.61 Å². The first-order valence-corrected chi connectivity index (χ1v) is 13.4. The monoisotopic (exact) mass is 570 g/mol. The van der Waals surface area contributed by atoms with Gasteiger partial charge in [0.1, 0.15) is 6.61 Å². The summed E-state index contributed by atoms with van der Waals surface area (Å²) in [5.74, 6) is 1.21. The second-order valence-electron chi connectivity index (χ2n) is 9.08. The van der Waals surface area contributed by atoms with Gasteiger partial charge in [0.15, 0.2) is 16.5 Å². The Bertz CT molecular complexity index is 1940. The van der Waals surface area contributed by atoms with Crippen LogP contribution in [0.25, 0.3) is 32.8 Å².